The first-order valence-electron chi connectivity index (χ1n) is 8.19. The van der Waals surface area contributed by atoms with Crippen molar-refractivity contribution in [3.05, 3.63) is 63.1 Å². The lowest BCUT2D eigenvalue weighted by atomic mass is 10.1. The number of oxazole rings is 1. The van der Waals surface area contributed by atoms with Crippen LogP contribution in [0.4, 0.5) is 0 Å². The van der Waals surface area contributed by atoms with Crippen LogP contribution >= 0.6 is 11.6 Å². The molecule has 0 unspecified atom stereocenters. The van der Waals surface area contributed by atoms with Crippen molar-refractivity contribution in [2.45, 2.75) is 20.4 Å². The van der Waals surface area contributed by atoms with Gasteiger partial charge in [-0.05, 0) is 37.6 Å². The number of nitrogens with one attached hydrogen (secondary N) is 1. The molecule has 0 bridgehead atoms. The number of fused-ring (bicyclic) bond motifs is 1. The average Bonchev–Trinajstić information content (AvgIpc) is 2.88. The van der Waals surface area contributed by atoms with Crippen LogP contribution in [0.5, 0.6) is 5.75 Å². The van der Waals surface area contributed by atoms with E-state index in [9.17, 15) is 9.59 Å². The van der Waals surface area contributed by atoms with Crippen LogP contribution in [-0.4, -0.2) is 23.6 Å². The lowest BCUT2D eigenvalue weighted by Gasteiger charge is -2.10. The molecular formula is C19H19ClN2O4. The predicted molar refractivity (Wildman–Crippen MR) is 99.9 cm³/mol. The second-order valence-electron chi connectivity index (χ2n) is 6.03. The normalized spacial score (nSPS) is 10.9. The number of benzene rings is 2. The summed E-state index contributed by atoms with van der Waals surface area (Å²) in [5.74, 6) is -0.100. The smallest absolute Gasteiger partial charge is 0.420 e. The van der Waals surface area contributed by atoms with Gasteiger partial charge in [0.1, 0.15) is 18.9 Å². The molecule has 26 heavy (non-hydrogen) atoms. The third kappa shape index (κ3) is 4.08. The summed E-state index contributed by atoms with van der Waals surface area (Å²) in [5, 5.41) is 3.20. The molecule has 1 amide bonds. The molecule has 6 nitrogen and oxygen atoms in total. The van der Waals surface area contributed by atoms with Crippen LogP contribution in [0.1, 0.15) is 11.1 Å². The van der Waals surface area contributed by atoms with E-state index in [1.54, 1.807) is 18.2 Å². The Kier molecular flexibility index (Phi) is 5.32. The minimum absolute atomic E-state index is 0.128. The standard InChI is InChI=1S/C19H19ClN2O4/c1-12-3-6-16(13(2)9-12)25-8-7-21-18(23)11-22-15-5-4-14(20)10-17(15)26-19(22)24/h3-6,9-10H,7-8,11H2,1-2H3,(H,21,23). The van der Waals surface area contributed by atoms with Crippen LogP contribution in [0, 0.1) is 13.8 Å². The Morgan fingerprint density at radius 1 is 1.23 bits per heavy atom. The first kappa shape index (κ1) is 18.1. The number of ether oxygens (including phenoxy) is 1. The molecule has 0 fully saturated rings. The summed E-state index contributed by atoms with van der Waals surface area (Å²) < 4.78 is 12.0. The molecule has 0 saturated heterocycles. The summed E-state index contributed by atoms with van der Waals surface area (Å²) in [6.07, 6.45) is 0. The molecule has 0 radical (unpaired) electrons. The van der Waals surface area contributed by atoms with Crippen molar-refractivity contribution in [3.8, 4) is 5.75 Å². The number of hydrogen-bond acceptors (Lipinski definition) is 4. The van der Waals surface area contributed by atoms with Gasteiger partial charge in [0.25, 0.3) is 0 Å². The zero-order chi connectivity index (χ0) is 18.7. The van der Waals surface area contributed by atoms with Crippen molar-refractivity contribution in [2.24, 2.45) is 0 Å². The molecule has 0 aliphatic carbocycles. The Hall–Kier alpha value is -2.73. The van der Waals surface area contributed by atoms with Crippen LogP contribution in [0.2, 0.25) is 5.02 Å². The largest absolute Gasteiger partial charge is 0.491 e. The summed E-state index contributed by atoms with van der Waals surface area (Å²) in [4.78, 5) is 24.0. The van der Waals surface area contributed by atoms with E-state index in [4.69, 9.17) is 20.8 Å². The molecule has 1 N–H and O–H groups in total. The first-order valence-corrected chi connectivity index (χ1v) is 8.57. The van der Waals surface area contributed by atoms with Gasteiger partial charge in [0.2, 0.25) is 5.91 Å². The maximum absolute atomic E-state index is 12.1. The minimum atomic E-state index is -0.594. The number of aromatic nitrogens is 1. The predicted octanol–water partition coefficient (Wildman–Crippen LogP) is 3.06. The van der Waals surface area contributed by atoms with Crippen molar-refractivity contribution in [1.82, 2.24) is 9.88 Å². The second-order valence-corrected chi connectivity index (χ2v) is 6.47. The fourth-order valence-electron chi connectivity index (χ4n) is 2.70. The number of carbonyl (C=O) groups excluding carboxylic acids is 1. The molecule has 3 rings (SSSR count). The molecule has 3 aromatic rings. The third-order valence-corrected chi connectivity index (χ3v) is 4.18. The summed E-state index contributed by atoms with van der Waals surface area (Å²) in [5.41, 5.74) is 3.10. The molecule has 1 aromatic heterocycles. The number of carbonyl (C=O) groups is 1. The summed E-state index contributed by atoms with van der Waals surface area (Å²) >= 11 is 5.88. The van der Waals surface area contributed by atoms with Gasteiger partial charge in [0, 0.05) is 11.1 Å². The molecule has 1 heterocycles. The van der Waals surface area contributed by atoms with Crippen LogP contribution in [0.25, 0.3) is 11.1 Å². The van der Waals surface area contributed by atoms with Crippen LogP contribution in [0.3, 0.4) is 0 Å². The number of halogens is 1. The SMILES string of the molecule is Cc1ccc(OCCNC(=O)Cn2c(=O)oc3cc(Cl)ccc32)c(C)c1. The van der Waals surface area contributed by atoms with Gasteiger partial charge < -0.3 is 14.5 Å². The average molecular weight is 375 g/mol. The topological polar surface area (TPSA) is 73.5 Å². The van der Waals surface area contributed by atoms with E-state index in [0.29, 0.717) is 29.3 Å². The number of aryl methyl sites for hydroxylation is 2. The number of amides is 1. The van der Waals surface area contributed by atoms with Gasteiger partial charge in [-0.1, -0.05) is 29.3 Å². The summed E-state index contributed by atoms with van der Waals surface area (Å²) in [6, 6.07) is 10.8. The van der Waals surface area contributed by atoms with Crippen molar-refractivity contribution >= 4 is 28.6 Å². The highest BCUT2D eigenvalue weighted by atomic mass is 35.5. The lowest BCUT2D eigenvalue weighted by Crippen LogP contribution is -2.33. The van der Waals surface area contributed by atoms with Gasteiger partial charge in [-0.3, -0.25) is 9.36 Å². The van der Waals surface area contributed by atoms with E-state index in [1.165, 1.54) is 10.1 Å². The van der Waals surface area contributed by atoms with E-state index in [2.05, 4.69) is 5.32 Å². The number of rotatable bonds is 6. The molecule has 136 valence electrons. The van der Waals surface area contributed by atoms with Crippen molar-refractivity contribution in [1.29, 1.82) is 0 Å². The highest BCUT2D eigenvalue weighted by molar-refractivity contribution is 6.31. The van der Waals surface area contributed by atoms with E-state index in [0.717, 1.165) is 11.3 Å². The second kappa shape index (κ2) is 7.66. The quantitative estimate of drug-likeness (QED) is 0.673. The molecule has 0 saturated carbocycles. The molecule has 0 aliphatic heterocycles. The van der Waals surface area contributed by atoms with Crippen LogP contribution in [0.15, 0.2) is 45.6 Å². The van der Waals surface area contributed by atoms with E-state index >= 15 is 0 Å². The molecule has 2 aromatic carbocycles. The Labute approximate surface area is 155 Å². The maximum atomic E-state index is 12.1. The van der Waals surface area contributed by atoms with E-state index in [1.807, 2.05) is 32.0 Å². The Morgan fingerprint density at radius 2 is 2.04 bits per heavy atom. The first-order chi connectivity index (χ1) is 12.4. The van der Waals surface area contributed by atoms with Crippen molar-refractivity contribution in [3.63, 3.8) is 0 Å². The zero-order valence-corrected chi connectivity index (χ0v) is 15.3. The molecule has 0 spiro atoms. The van der Waals surface area contributed by atoms with Gasteiger partial charge in [-0.15, -0.1) is 0 Å². The van der Waals surface area contributed by atoms with Gasteiger partial charge in [-0.2, -0.15) is 0 Å². The molecule has 0 atom stereocenters. The zero-order valence-electron chi connectivity index (χ0n) is 14.5. The fourth-order valence-corrected chi connectivity index (χ4v) is 2.86. The summed E-state index contributed by atoms with van der Waals surface area (Å²) in [7, 11) is 0. The summed E-state index contributed by atoms with van der Waals surface area (Å²) in [6.45, 7) is 4.54. The monoisotopic (exact) mass is 374 g/mol. The van der Waals surface area contributed by atoms with Gasteiger partial charge in [0.15, 0.2) is 5.58 Å². The molecular weight excluding hydrogens is 356 g/mol. The molecule has 0 aliphatic rings. The minimum Gasteiger partial charge on any atom is -0.491 e. The highest BCUT2D eigenvalue weighted by Crippen LogP contribution is 2.19. The van der Waals surface area contributed by atoms with Crippen molar-refractivity contribution in [2.75, 3.05) is 13.2 Å². The van der Waals surface area contributed by atoms with Gasteiger partial charge in [0.05, 0.1) is 12.1 Å². The highest BCUT2D eigenvalue weighted by Gasteiger charge is 2.12. The lowest BCUT2D eigenvalue weighted by molar-refractivity contribution is -0.121. The number of hydrogen-bond donors (Lipinski definition) is 1. The van der Waals surface area contributed by atoms with E-state index in [-0.39, 0.29) is 12.5 Å². The van der Waals surface area contributed by atoms with E-state index < -0.39 is 5.76 Å². The van der Waals surface area contributed by atoms with Gasteiger partial charge >= 0.3 is 5.76 Å². The van der Waals surface area contributed by atoms with Crippen molar-refractivity contribution < 1.29 is 13.9 Å². The van der Waals surface area contributed by atoms with Crippen LogP contribution < -0.4 is 15.8 Å². The number of nitrogens with zero attached hydrogens (tertiary/aromatic N) is 1. The Balaban J connectivity index is 1.55. The Morgan fingerprint density at radius 3 is 2.81 bits per heavy atom. The van der Waals surface area contributed by atoms with Gasteiger partial charge in [-0.25, -0.2) is 4.79 Å². The third-order valence-electron chi connectivity index (χ3n) is 3.94. The Bertz CT molecular complexity index is 1010. The molecule has 7 heteroatoms. The fraction of sp³-hybridized carbons (Fsp3) is 0.263. The maximum Gasteiger partial charge on any atom is 0.420 e. The van der Waals surface area contributed by atoms with Crippen LogP contribution in [-0.2, 0) is 11.3 Å².